The second-order valence-corrected chi connectivity index (χ2v) is 6.16. The zero-order chi connectivity index (χ0) is 19.4. The van der Waals surface area contributed by atoms with Crippen LogP contribution in [-0.4, -0.2) is 19.9 Å². The molecular weight excluding hydrogens is 348 g/mol. The van der Waals surface area contributed by atoms with E-state index in [1.165, 1.54) is 0 Å². The van der Waals surface area contributed by atoms with Crippen LogP contribution in [0, 0.1) is 0 Å². The second-order valence-electron chi connectivity index (χ2n) is 6.16. The van der Waals surface area contributed by atoms with E-state index in [1.54, 1.807) is 26.2 Å². The van der Waals surface area contributed by atoms with E-state index < -0.39 is 6.16 Å². The molecule has 0 spiro atoms. The molecule has 0 bridgehead atoms. The van der Waals surface area contributed by atoms with Crippen molar-refractivity contribution in [2.24, 2.45) is 0 Å². The van der Waals surface area contributed by atoms with Gasteiger partial charge in [-0.1, -0.05) is 26.0 Å². The topological polar surface area (TPSA) is 67.1 Å². The van der Waals surface area contributed by atoms with Gasteiger partial charge in [0.25, 0.3) is 0 Å². The van der Waals surface area contributed by atoms with Crippen molar-refractivity contribution in [3.63, 3.8) is 0 Å². The Morgan fingerprint density at radius 3 is 2.63 bits per heavy atom. The van der Waals surface area contributed by atoms with E-state index in [0.29, 0.717) is 22.5 Å². The number of rotatable bonds is 6. The highest BCUT2D eigenvalue weighted by molar-refractivity contribution is 5.88. The molecule has 0 radical (unpaired) electrons. The molecule has 0 aliphatic carbocycles. The molecule has 3 aromatic rings. The molecule has 0 amide bonds. The Hall–Kier alpha value is -3.15. The maximum Gasteiger partial charge on any atom is 0.516 e. The quantitative estimate of drug-likeness (QED) is 0.504. The van der Waals surface area contributed by atoms with Gasteiger partial charge in [0.15, 0.2) is 0 Å². The number of para-hydroxylation sites is 1. The summed E-state index contributed by atoms with van der Waals surface area (Å²) >= 11 is 0. The SMILES string of the molecule is CCOC(=O)Oc1oc2ccccc2c1Oc1ccc(OC)c(C(C)C)c1. The van der Waals surface area contributed by atoms with Gasteiger partial charge in [0, 0.05) is 5.56 Å². The van der Waals surface area contributed by atoms with Crippen LogP contribution in [0.2, 0.25) is 0 Å². The van der Waals surface area contributed by atoms with Crippen molar-refractivity contribution in [2.75, 3.05) is 13.7 Å². The molecule has 0 unspecified atom stereocenters. The minimum atomic E-state index is -0.848. The molecule has 0 saturated carbocycles. The van der Waals surface area contributed by atoms with Gasteiger partial charge in [-0.25, -0.2) is 4.79 Å². The molecule has 0 aliphatic rings. The fraction of sp³-hybridized carbons (Fsp3) is 0.286. The molecule has 0 aliphatic heterocycles. The first-order chi connectivity index (χ1) is 13.0. The standard InChI is InChI=1S/C21H22O6/c1-5-24-21(22)27-20-19(15-8-6-7-9-18(15)26-20)25-14-10-11-17(23-4)16(12-14)13(2)3/h6-13H,5H2,1-4H3. The van der Waals surface area contributed by atoms with E-state index in [1.807, 2.05) is 30.3 Å². The minimum Gasteiger partial charge on any atom is -0.496 e. The number of ether oxygens (including phenoxy) is 4. The van der Waals surface area contributed by atoms with Gasteiger partial charge < -0.3 is 23.4 Å². The average Bonchev–Trinajstić information content (AvgIpc) is 2.99. The second kappa shape index (κ2) is 8.03. The number of fused-ring (bicyclic) bond motifs is 1. The monoisotopic (exact) mass is 370 g/mol. The van der Waals surface area contributed by atoms with Crippen molar-refractivity contribution < 1.29 is 28.2 Å². The number of hydrogen-bond acceptors (Lipinski definition) is 6. The summed E-state index contributed by atoms with van der Waals surface area (Å²) in [5.41, 5.74) is 1.56. The first kappa shape index (κ1) is 18.6. The van der Waals surface area contributed by atoms with Gasteiger partial charge >= 0.3 is 12.1 Å². The van der Waals surface area contributed by atoms with E-state index in [-0.39, 0.29) is 18.5 Å². The minimum absolute atomic E-state index is 0.0448. The van der Waals surface area contributed by atoms with Crippen molar-refractivity contribution >= 4 is 17.1 Å². The average molecular weight is 370 g/mol. The summed E-state index contributed by atoms with van der Waals surface area (Å²) in [6, 6.07) is 12.8. The summed E-state index contributed by atoms with van der Waals surface area (Å²) in [6.07, 6.45) is -0.848. The van der Waals surface area contributed by atoms with E-state index in [0.717, 1.165) is 11.3 Å². The lowest BCUT2D eigenvalue weighted by atomic mass is 10.0. The van der Waals surface area contributed by atoms with E-state index in [9.17, 15) is 4.79 Å². The fourth-order valence-corrected chi connectivity index (χ4v) is 2.73. The van der Waals surface area contributed by atoms with E-state index >= 15 is 0 Å². The van der Waals surface area contributed by atoms with Crippen LogP contribution in [0.25, 0.3) is 11.0 Å². The predicted octanol–water partition coefficient (Wildman–Crippen LogP) is 5.89. The molecule has 1 aromatic heterocycles. The number of hydrogen-bond donors (Lipinski definition) is 0. The van der Waals surface area contributed by atoms with Gasteiger partial charge in [0.1, 0.15) is 17.1 Å². The van der Waals surface area contributed by atoms with Crippen LogP contribution in [0.3, 0.4) is 0 Å². The molecule has 0 N–H and O–H groups in total. The van der Waals surface area contributed by atoms with Gasteiger partial charge in [-0.2, -0.15) is 0 Å². The predicted molar refractivity (Wildman–Crippen MR) is 101 cm³/mol. The Bertz CT molecular complexity index is 941. The largest absolute Gasteiger partial charge is 0.516 e. The Morgan fingerprint density at radius 1 is 1.15 bits per heavy atom. The molecule has 2 aromatic carbocycles. The zero-order valence-corrected chi connectivity index (χ0v) is 15.8. The summed E-state index contributed by atoms with van der Waals surface area (Å²) in [6.45, 7) is 6.04. The van der Waals surface area contributed by atoms with Gasteiger partial charge in [0.2, 0.25) is 5.75 Å². The van der Waals surface area contributed by atoms with E-state index in [4.69, 9.17) is 23.4 Å². The normalized spacial score (nSPS) is 10.9. The van der Waals surface area contributed by atoms with Crippen LogP contribution in [-0.2, 0) is 4.74 Å². The maximum atomic E-state index is 11.7. The summed E-state index contributed by atoms with van der Waals surface area (Å²) in [5, 5.41) is 0.693. The summed E-state index contributed by atoms with van der Waals surface area (Å²) in [7, 11) is 1.64. The summed E-state index contributed by atoms with van der Waals surface area (Å²) in [5.74, 6) is 1.90. The Labute approximate surface area is 157 Å². The number of benzene rings is 2. The van der Waals surface area contributed by atoms with E-state index in [2.05, 4.69) is 13.8 Å². The van der Waals surface area contributed by atoms with Crippen molar-refractivity contribution in [3.8, 4) is 23.2 Å². The number of carbonyl (C=O) groups is 1. The van der Waals surface area contributed by atoms with Gasteiger partial charge in [-0.3, -0.25) is 0 Å². The number of methoxy groups -OCH3 is 1. The van der Waals surface area contributed by atoms with Crippen LogP contribution >= 0.6 is 0 Å². The van der Waals surface area contributed by atoms with Crippen LogP contribution in [0.4, 0.5) is 4.79 Å². The molecule has 142 valence electrons. The Morgan fingerprint density at radius 2 is 1.93 bits per heavy atom. The van der Waals surface area contributed by atoms with Crippen LogP contribution in [0.1, 0.15) is 32.3 Å². The lowest BCUT2D eigenvalue weighted by Gasteiger charge is -2.14. The fourth-order valence-electron chi connectivity index (χ4n) is 2.73. The van der Waals surface area contributed by atoms with Gasteiger partial charge in [0.05, 0.1) is 19.1 Å². The number of carbonyl (C=O) groups excluding carboxylic acids is 1. The van der Waals surface area contributed by atoms with Crippen LogP contribution in [0.5, 0.6) is 23.2 Å². The molecule has 3 rings (SSSR count). The zero-order valence-electron chi connectivity index (χ0n) is 15.8. The highest BCUT2D eigenvalue weighted by atomic mass is 16.8. The lowest BCUT2D eigenvalue weighted by molar-refractivity contribution is 0.0943. The summed E-state index contributed by atoms with van der Waals surface area (Å²) < 4.78 is 27.1. The smallest absolute Gasteiger partial charge is 0.496 e. The Balaban J connectivity index is 2.00. The molecule has 6 heteroatoms. The van der Waals surface area contributed by atoms with Crippen molar-refractivity contribution in [2.45, 2.75) is 26.7 Å². The lowest BCUT2D eigenvalue weighted by Crippen LogP contribution is -2.10. The highest BCUT2D eigenvalue weighted by Crippen LogP contribution is 2.43. The third kappa shape index (κ3) is 4.00. The molecule has 0 saturated heterocycles. The van der Waals surface area contributed by atoms with Crippen LogP contribution < -0.4 is 14.2 Å². The first-order valence-corrected chi connectivity index (χ1v) is 8.75. The molecular formula is C21H22O6. The number of furan rings is 1. The first-order valence-electron chi connectivity index (χ1n) is 8.75. The third-order valence-electron chi connectivity index (χ3n) is 4.00. The molecule has 0 fully saturated rings. The maximum absolute atomic E-state index is 11.7. The third-order valence-corrected chi connectivity index (χ3v) is 4.00. The molecule has 6 nitrogen and oxygen atoms in total. The molecule has 27 heavy (non-hydrogen) atoms. The Kier molecular flexibility index (Phi) is 5.54. The van der Waals surface area contributed by atoms with Crippen molar-refractivity contribution in [1.29, 1.82) is 0 Å². The summed E-state index contributed by atoms with van der Waals surface area (Å²) in [4.78, 5) is 11.7. The van der Waals surface area contributed by atoms with Gasteiger partial charge in [-0.15, -0.1) is 0 Å². The van der Waals surface area contributed by atoms with Crippen LogP contribution in [0.15, 0.2) is 46.9 Å². The van der Waals surface area contributed by atoms with Gasteiger partial charge in [-0.05, 0) is 43.2 Å². The molecule has 0 atom stereocenters. The highest BCUT2D eigenvalue weighted by Gasteiger charge is 2.22. The van der Waals surface area contributed by atoms with Crippen molar-refractivity contribution in [1.82, 2.24) is 0 Å². The molecule has 1 heterocycles. The van der Waals surface area contributed by atoms with Crippen molar-refractivity contribution in [3.05, 3.63) is 48.0 Å².